The van der Waals surface area contributed by atoms with Gasteiger partial charge in [0, 0.05) is 0 Å². The van der Waals surface area contributed by atoms with Crippen molar-refractivity contribution in [3.05, 3.63) is 0 Å². The van der Waals surface area contributed by atoms with E-state index in [9.17, 15) is 0 Å². The first-order valence-electron chi connectivity index (χ1n) is 8.51. The minimum atomic E-state index is 0.841. The zero-order valence-corrected chi connectivity index (χ0v) is 13.1. The number of rotatable bonds is 14. The molecule has 0 fully saturated rings. The van der Waals surface area contributed by atoms with Crippen molar-refractivity contribution < 1.29 is 0 Å². The van der Waals surface area contributed by atoms with Crippen molar-refractivity contribution in [2.24, 2.45) is 11.7 Å². The lowest BCUT2D eigenvalue weighted by atomic mass is 9.99. The molecule has 0 saturated carbocycles. The van der Waals surface area contributed by atoms with E-state index in [2.05, 4.69) is 13.8 Å². The van der Waals surface area contributed by atoms with Crippen molar-refractivity contribution >= 4 is 0 Å². The van der Waals surface area contributed by atoms with Crippen LogP contribution in [0.2, 0.25) is 0 Å². The highest BCUT2D eigenvalue weighted by Gasteiger charge is 2.00. The van der Waals surface area contributed by atoms with Crippen LogP contribution in [-0.2, 0) is 0 Å². The zero-order valence-electron chi connectivity index (χ0n) is 13.1. The van der Waals surface area contributed by atoms with Crippen LogP contribution in [0.15, 0.2) is 0 Å². The van der Waals surface area contributed by atoms with Gasteiger partial charge >= 0.3 is 0 Å². The predicted molar refractivity (Wildman–Crippen MR) is 83.9 cm³/mol. The van der Waals surface area contributed by atoms with E-state index in [1.165, 1.54) is 83.5 Å². The monoisotopic (exact) mass is 255 g/mol. The van der Waals surface area contributed by atoms with E-state index >= 15 is 0 Å². The second-order valence-electron chi connectivity index (χ2n) is 6.01. The quantitative estimate of drug-likeness (QED) is 0.397. The second-order valence-corrected chi connectivity index (χ2v) is 6.01. The van der Waals surface area contributed by atoms with Crippen LogP contribution in [0.5, 0.6) is 0 Å². The highest BCUT2D eigenvalue weighted by molar-refractivity contribution is 4.54. The van der Waals surface area contributed by atoms with E-state index in [0.29, 0.717) is 0 Å². The molecule has 0 rings (SSSR count). The SMILES string of the molecule is CCCCCCCCCCCCCC(C)CCN. The fraction of sp³-hybridized carbons (Fsp3) is 1.00. The molecule has 0 heterocycles. The van der Waals surface area contributed by atoms with E-state index < -0.39 is 0 Å². The Morgan fingerprint density at radius 2 is 1.11 bits per heavy atom. The van der Waals surface area contributed by atoms with Crippen LogP contribution in [0.4, 0.5) is 0 Å². The molecule has 0 aliphatic heterocycles. The van der Waals surface area contributed by atoms with Crippen LogP contribution in [-0.4, -0.2) is 6.54 Å². The Bertz CT molecular complexity index is 145. The van der Waals surface area contributed by atoms with Gasteiger partial charge in [0.1, 0.15) is 0 Å². The van der Waals surface area contributed by atoms with Gasteiger partial charge in [-0.25, -0.2) is 0 Å². The van der Waals surface area contributed by atoms with Gasteiger partial charge in [-0.3, -0.25) is 0 Å². The number of hydrogen-bond acceptors (Lipinski definition) is 1. The third kappa shape index (κ3) is 14.0. The van der Waals surface area contributed by atoms with Gasteiger partial charge in [-0.1, -0.05) is 90.9 Å². The summed E-state index contributed by atoms with van der Waals surface area (Å²) in [5, 5.41) is 0. The lowest BCUT2D eigenvalue weighted by Crippen LogP contribution is -2.05. The minimum Gasteiger partial charge on any atom is -0.330 e. The predicted octanol–water partition coefficient (Wildman–Crippen LogP) is 5.67. The first-order chi connectivity index (χ1) is 8.81. The van der Waals surface area contributed by atoms with Gasteiger partial charge in [0.05, 0.1) is 0 Å². The molecule has 1 heteroatoms. The minimum absolute atomic E-state index is 0.841. The van der Waals surface area contributed by atoms with Gasteiger partial charge < -0.3 is 5.73 Å². The molecule has 0 spiro atoms. The molecule has 0 radical (unpaired) electrons. The van der Waals surface area contributed by atoms with Crippen LogP contribution in [0, 0.1) is 5.92 Å². The molecule has 2 N–H and O–H groups in total. The molecular formula is C17H37N. The van der Waals surface area contributed by atoms with Crippen LogP contribution in [0.3, 0.4) is 0 Å². The molecule has 0 aromatic heterocycles. The summed E-state index contributed by atoms with van der Waals surface area (Å²) >= 11 is 0. The summed E-state index contributed by atoms with van der Waals surface area (Å²) in [5.74, 6) is 0.841. The van der Waals surface area contributed by atoms with Crippen molar-refractivity contribution in [2.45, 2.75) is 97.3 Å². The Labute approximate surface area is 116 Å². The Morgan fingerprint density at radius 1 is 0.667 bits per heavy atom. The van der Waals surface area contributed by atoms with Gasteiger partial charge in [-0.15, -0.1) is 0 Å². The molecule has 0 aromatic rings. The molecule has 1 nitrogen and oxygen atoms in total. The summed E-state index contributed by atoms with van der Waals surface area (Å²) in [6, 6.07) is 0. The number of nitrogens with two attached hydrogens (primary N) is 1. The first kappa shape index (κ1) is 18.0. The summed E-state index contributed by atoms with van der Waals surface area (Å²) in [6.07, 6.45) is 18.5. The highest BCUT2D eigenvalue weighted by atomic mass is 14.5. The second kappa shape index (κ2) is 15.0. The van der Waals surface area contributed by atoms with Crippen LogP contribution in [0.25, 0.3) is 0 Å². The van der Waals surface area contributed by atoms with Gasteiger partial charge in [0.25, 0.3) is 0 Å². The average molecular weight is 255 g/mol. The Hall–Kier alpha value is -0.0400. The lowest BCUT2D eigenvalue weighted by molar-refractivity contribution is 0.459. The van der Waals surface area contributed by atoms with E-state index in [1.807, 2.05) is 0 Å². The first-order valence-corrected chi connectivity index (χ1v) is 8.51. The Balaban J connectivity index is 2.98. The third-order valence-electron chi connectivity index (χ3n) is 3.96. The molecule has 0 aliphatic rings. The third-order valence-corrected chi connectivity index (χ3v) is 3.96. The van der Waals surface area contributed by atoms with Gasteiger partial charge in [-0.05, 0) is 18.9 Å². The van der Waals surface area contributed by atoms with Crippen LogP contribution < -0.4 is 5.73 Å². The average Bonchev–Trinajstić information content (AvgIpc) is 2.36. The maximum Gasteiger partial charge on any atom is -0.00747 e. The van der Waals surface area contributed by atoms with E-state index in [4.69, 9.17) is 5.73 Å². The van der Waals surface area contributed by atoms with Gasteiger partial charge in [0.15, 0.2) is 0 Å². The standard InChI is InChI=1S/C17H37N/c1-3-4-5-6-7-8-9-10-11-12-13-14-17(2)15-16-18/h17H,3-16,18H2,1-2H3. The van der Waals surface area contributed by atoms with Gasteiger partial charge in [0.2, 0.25) is 0 Å². The topological polar surface area (TPSA) is 26.0 Å². The molecule has 1 unspecified atom stereocenters. The van der Waals surface area contributed by atoms with E-state index in [1.54, 1.807) is 0 Å². The van der Waals surface area contributed by atoms with Crippen molar-refractivity contribution in [3.63, 3.8) is 0 Å². The van der Waals surface area contributed by atoms with Crippen molar-refractivity contribution in [3.8, 4) is 0 Å². The molecule has 0 aromatic carbocycles. The largest absolute Gasteiger partial charge is 0.330 e. The van der Waals surface area contributed by atoms with Crippen molar-refractivity contribution in [2.75, 3.05) is 6.54 Å². The summed E-state index contributed by atoms with van der Waals surface area (Å²) in [5.41, 5.74) is 5.56. The molecule has 0 bridgehead atoms. The fourth-order valence-corrected chi connectivity index (χ4v) is 2.59. The Morgan fingerprint density at radius 3 is 1.56 bits per heavy atom. The molecule has 0 aliphatic carbocycles. The normalized spacial score (nSPS) is 12.8. The molecule has 1 atom stereocenters. The lowest BCUT2D eigenvalue weighted by Gasteiger charge is -2.09. The summed E-state index contributed by atoms with van der Waals surface area (Å²) < 4.78 is 0. The van der Waals surface area contributed by atoms with Crippen LogP contribution in [0.1, 0.15) is 97.3 Å². The molecule has 18 heavy (non-hydrogen) atoms. The van der Waals surface area contributed by atoms with E-state index in [-0.39, 0.29) is 0 Å². The maximum absolute atomic E-state index is 5.56. The number of unbranched alkanes of at least 4 members (excludes halogenated alkanes) is 10. The zero-order chi connectivity index (χ0) is 13.5. The van der Waals surface area contributed by atoms with Crippen LogP contribution >= 0.6 is 0 Å². The molecule has 0 amide bonds. The van der Waals surface area contributed by atoms with Crippen molar-refractivity contribution in [1.82, 2.24) is 0 Å². The van der Waals surface area contributed by atoms with Crippen molar-refractivity contribution in [1.29, 1.82) is 0 Å². The smallest absolute Gasteiger partial charge is 0.00747 e. The summed E-state index contributed by atoms with van der Waals surface area (Å²) in [7, 11) is 0. The van der Waals surface area contributed by atoms with Gasteiger partial charge in [-0.2, -0.15) is 0 Å². The highest BCUT2D eigenvalue weighted by Crippen LogP contribution is 2.15. The Kier molecular flexibility index (Phi) is 15.0. The molecule has 110 valence electrons. The fourth-order valence-electron chi connectivity index (χ4n) is 2.59. The maximum atomic E-state index is 5.56. The molecular weight excluding hydrogens is 218 g/mol. The summed E-state index contributed by atoms with van der Waals surface area (Å²) in [4.78, 5) is 0. The van der Waals surface area contributed by atoms with E-state index in [0.717, 1.165) is 12.5 Å². The molecule has 0 saturated heterocycles. The number of hydrogen-bond donors (Lipinski definition) is 1. The summed E-state index contributed by atoms with van der Waals surface area (Å²) in [6.45, 7) is 5.48.